The molecule has 5 nitrogen and oxygen atoms in total. The molecular formula is C21H26N2O3. The maximum Gasteiger partial charge on any atom is 0.242 e. The van der Waals surface area contributed by atoms with Crippen molar-refractivity contribution in [3.05, 3.63) is 65.7 Å². The van der Waals surface area contributed by atoms with E-state index >= 15 is 0 Å². The fraction of sp³-hybridized carbons (Fsp3) is 0.333. The van der Waals surface area contributed by atoms with E-state index in [4.69, 9.17) is 4.74 Å². The van der Waals surface area contributed by atoms with E-state index in [1.165, 1.54) is 6.92 Å². The van der Waals surface area contributed by atoms with Crippen molar-refractivity contribution >= 4 is 11.8 Å². The molecule has 2 amide bonds. The second kappa shape index (κ2) is 9.61. The molecule has 0 aliphatic heterocycles. The summed E-state index contributed by atoms with van der Waals surface area (Å²) in [6.45, 7) is 4.95. The maximum atomic E-state index is 12.7. The molecular weight excluding hydrogens is 328 g/mol. The van der Waals surface area contributed by atoms with Crippen LogP contribution in [-0.4, -0.2) is 41.8 Å². The number of hydrogen-bond acceptors (Lipinski definition) is 3. The molecule has 0 spiro atoms. The van der Waals surface area contributed by atoms with E-state index in [9.17, 15) is 9.59 Å². The van der Waals surface area contributed by atoms with Gasteiger partial charge in [0.15, 0.2) is 0 Å². The number of para-hydroxylation sites is 1. The Morgan fingerprint density at radius 1 is 0.923 bits per heavy atom. The molecule has 0 aliphatic carbocycles. The lowest BCUT2D eigenvalue weighted by Crippen LogP contribution is -2.41. The minimum atomic E-state index is -0.139. The summed E-state index contributed by atoms with van der Waals surface area (Å²) >= 11 is 0. The summed E-state index contributed by atoms with van der Waals surface area (Å²) in [4.78, 5) is 28.1. The van der Waals surface area contributed by atoms with E-state index < -0.39 is 0 Å². The number of rotatable bonds is 8. The molecule has 2 rings (SSSR count). The molecule has 26 heavy (non-hydrogen) atoms. The van der Waals surface area contributed by atoms with Gasteiger partial charge in [-0.2, -0.15) is 0 Å². The zero-order valence-corrected chi connectivity index (χ0v) is 15.6. The van der Waals surface area contributed by atoms with Crippen LogP contribution in [0.5, 0.6) is 5.75 Å². The first-order valence-corrected chi connectivity index (χ1v) is 8.74. The van der Waals surface area contributed by atoms with Crippen LogP contribution in [0, 0.1) is 0 Å². The maximum absolute atomic E-state index is 12.7. The second-order valence-electron chi connectivity index (χ2n) is 6.08. The van der Waals surface area contributed by atoms with Gasteiger partial charge in [0, 0.05) is 32.1 Å². The molecule has 0 aliphatic rings. The second-order valence-corrected chi connectivity index (χ2v) is 6.08. The minimum Gasteiger partial charge on any atom is -0.496 e. The van der Waals surface area contributed by atoms with E-state index in [0.717, 1.165) is 11.1 Å². The molecule has 0 fully saturated rings. The summed E-state index contributed by atoms with van der Waals surface area (Å²) in [7, 11) is 1.60. The molecule has 0 N–H and O–H groups in total. The number of benzene rings is 2. The Hall–Kier alpha value is -2.82. The lowest BCUT2D eigenvalue weighted by molar-refractivity contribution is -0.140. The molecule has 2 aromatic carbocycles. The zero-order valence-electron chi connectivity index (χ0n) is 15.6. The fourth-order valence-corrected chi connectivity index (χ4v) is 2.76. The van der Waals surface area contributed by atoms with Crippen molar-refractivity contribution in [2.45, 2.75) is 26.9 Å². The van der Waals surface area contributed by atoms with Crippen molar-refractivity contribution in [2.75, 3.05) is 20.2 Å². The summed E-state index contributed by atoms with van der Waals surface area (Å²) in [6, 6.07) is 17.4. The SMILES string of the molecule is CCN(Cc1ccccc1)C(=O)CN(Cc1ccccc1OC)C(C)=O. The minimum absolute atomic E-state index is 0.0497. The van der Waals surface area contributed by atoms with Gasteiger partial charge in [0.2, 0.25) is 11.8 Å². The Morgan fingerprint density at radius 3 is 2.19 bits per heavy atom. The monoisotopic (exact) mass is 354 g/mol. The van der Waals surface area contributed by atoms with E-state index in [0.29, 0.717) is 25.4 Å². The standard InChI is InChI=1S/C21H26N2O3/c1-4-22(14-18-10-6-5-7-11-18)21(25)16-23(17(2)24)15-19-12-8-9-13-20(19)26-3/h5-13H,4,14-16H2,1-3H3. The van der Waals surface area contributed by atoms with Crippen molar-refractivity contribution in [2.24, 2.45) is 0 Å². The van der Waals surface area contributed by atoms with E-state index in [-0.39, 0.29) is 18.4 Å². The van der Waals surface area contributed by atoms with Crippen LogP contribution in [0.2, 0.25) is 0 Å². The van der Waals surface area contributed by atoms with Crippen LogP contribution in [0.4, 0.5) is 0 Å². The molecule has 0 saturated carbocycles. The number of amides is 2. The molecule has 0 bridgehead atoms. The van der Waals surface area contributed by atoms with Crippen molar-refractivity contribution in [3.8, 4) is 5.75 Å². The van der Waals surface area contributed by atoms with Gasteiger partial charge in [-0.05, 0) is 18.6 Å². The largest absolute Gasteiger partial charge is 0.496 e. The Kier molecular flexibility index (Phi) is 7.21. The van der Waals surface area contributed by atoms with Gasteiger partial charge in [0.1, 0.15) is 12.3 Å². The number of carbonyl (C=O) groups excluding carboxylic acids is 2. The van der Waals surface area contributed by atoms with Crippen LogP contribution in [0.3, 0.4) is 0 Å². The molecule has 0 saturated heterocycles. The number of hydrogen-bond donors (Lipinski definition) is 0. The van der Waals surface area contributed by atoms with Gasteiger partial charge in [-0.1, -0.05) is 48.5 Å². The predicted molar refractivity (Wildman–Crippen MR) is 102 cm³/mol. The molecule has 0 radical (unpaired) electrons. The Bertz CT molecular complexity index is 731. The lowest BCUT2D eigenvalue weighted by atomic mass is 10.2. The first-order chi connectivity index (χ1) is 12.5. The predicted octanol–water partition coefficient (Wildman–Crippen LogP) is 3.09. The first-order valence-electron chi connectivity index (χ1n) is 8.74. The highest BCUT2D eigenvalue weighted by atomic mass is 16.5. The van der Waals surface area contributed by atoms with Crippen LogP contribution < -0.4 is 4.74 Å². The smallest absolute Gasteiger partial charge is 0.242 e. The number of likely N-dealkylation sites (N-methyl/N-ethyl adjacent to an activating group) is 1. The van der Waals surface area contributed by atoms with Crippen molar-refractivity contribution in [1.82, 2.24) is 9.80 Å². The highest BCUT2D eigenvalue weighted by Gasteiger charge is 2.19. The zero-order chi connectivity index (χ0) is 18.9. The van der Waals surface area contributed by atoms with Crippen molar-refractivity contribution < 1.29 is 14.3 Å². The topological polar surface area (TPSA) is 49.9 Å². The molecule has 0 aromatic heterocycles. The van der Waals surface area contributed by atoms with Crippen LogP contribution >= 0.6 is 0 Å². The van der Waals surface area contributed by atoms with Crippen molar-refractivity contribution in [1.29, 1.82) is 0 Å². The third-order valence-corrected chi connectivity index (χ3v) is 4.28. The molecule has 0 unspecified atom stereocenters. The summed E-state index contributed by atoms with van der Waals surface area (Å²) in [5, 5.41) is 0. The van der Waals surface area contributed by atoms with Crippen molar-refractivity contribution in [3.63, 3.8) is 0 Å². The van der Waals surface area contributed by atoms with E-state index in [2.05, 4.69) is 0 Å². The number of nitrogens with zero attached hydrogens (tertiary/aromatic N) is 2. The normalized spacial score (nSPS) is 10.3. The third-order valence-electron chi connectivity index (χ3n) is 4.28. The quantitative estimate of drug-likeness (QED) is 0.732. The molecule has 2 aromatic rings. The highest BCUT2D eigenvalue weighted by molar-refractivity contribution is 5.83. The van der Waals surface area contributed by atoms with Gasteiger partial charge in [0.05, 0.1) is 7.11 Å². The molecule has 0 heterocycles. The van der Waals surface area contributed by atoms with Crippen LogP contribution in [0.15, 0.2) is 54.6 Å². The summed E-state index contributed by atoms with van der Waals surface area (Å²) in [5.74, 6) is 0.504. The van der Waals surface area contributed by atoms with Gasteiger partial charge in [-0.3, -0.25) is 9.59 Å². The number of ether oxygens (including phenoxy) is 1. The average molecular weight is 354 g/mol. The molecule has 0 atom stereocenters. The van der Waals surface area contributed by atoms with Crippen LogP contribution in [0.25, 0.3) is 0 Å². The highest BCUT2D eigenvalue weighted by Crippen LogP contribution is 2.19. The average Bonchev–Trinajstić information content (AvgIpc) is 2.66. The fourth-order valence-electron chi connectivity index (χ4n) is 2.76. The summed E-state index contributed by atoms with van der Waals surface area (Å²) in [5.41, 5.74) is 1.95. The number of carbonyl (C=O) groups is 2. The molecule has 5 heteroatoms. The molecule has 138 valence electrons. The lowest BCUT2D eigenvalue weighted by Gasteiger charge is -2.27. The Morgan fingerprint density at radius 2 is 1.58 bits per heavy atom. The first kappa shape index (κ1) is 19.5. The van der Waals surface area contributed by atoms with Gasteiger partial charge >= 0.3 is 0 Å². The number of methoxy groups -OCH3 is 1. The van der Waals surface area contributed by atoms with Crippen LogP contribution in [0.1, 0.15) is 25.0 Å². The summed E-state index contributed by atoms with van der Waals surface area (Å²) < 4.78 is 5.35. The van der Waals surface area contributed by atoms with Crippen LogP contribution in [-0.2, 0) is 22.7 Å². The van der Waals surface area contributed by atoms with Gasteiger partial charge < -0.3 is 14.5 Å². The summed E-state index contributed by atoms with van der Waals surface area (Å²) in [6.07, 6.45) is 0. The van der Waals surface area contributed by atoms with Gasteiger partial charge in [0.25, 0.3) is 0 Å². The van der Waals surface area contributed by atoms with Gasteiger partial charge in [-0.25, -0.2) is 0 Å². The Labute approximate surface area is 155 Å². The third kappa shape index (κ3) is 5.34. The van der Waals surface area contributed by atoms with E-state index in [1.807, 2.05) is 61.5 Å². The van der Waals surface area contributed by atoms with E-state index in [1.54, 1.807) is 16.9 Å². The Balaban J connectivity index is 2.07. The van der Waals surface area contributed by atoms with Gasteiger partial charge in [-0.15, -0.1) is 0 Å².